The Labute approximate surface area is 409 Å². The predicted octanol–water partition coefficient (Wildman–Crippen LogP) is 18.5. The van der Waals surface area contributed by atoms with Crippen LogP contribution in [-0.2, 0) is 0 Å². The number of para-hydroxylation sites is 5. The molecule has 0 N–H and O–H groups in total. The average molecular weight is 906 g/mol. The molecule has 0 aliphatic carbocycles. The molecule has 0 saturated carbocycles. The van der Waals surface area contributed by atoms with Crippen LogP contribution in [0.3, 0.4) is 0 Å². The Kier molecular flexibility index (Phi) is 8.54. The summed E-state index contributed by atoms with van der Waals surface area (Å²) in [6, 6.07) is 79.8. The highest BCUT2D eigenvalue weighted by Crippen LogP contribution is 2.54. The number of aromatic nitrogens is 2. The van der Waals surface area contributed by atoms with E-state index in [0.29, 0.717) is 0 Å². The van der Waals surface area contributed by atoms with E-state index >= 15 is 0 Å². The highest BCUT2D eigenvalue weighted by atomic mass is 16.3. The molecule has 332 valence electrons. The summed E-state index contributed by atoms with van der Waals surface area (Å²) < 4.78 is 11.0. The van der Waals surface area contributed by atoms with Crippen LogP contribution in [0.4, 0.5) is 11.4 Å². The molecule has 0 radical (unpaired) electrons. The normalized spacial score (nSPS) is 12.6. The first kappa shape index (κ1) is 39.6. The lowest BCUT2D eigenvalue weighted by molar-refractivity contribution is 0.615. The van der Waals surface area contributed by atoms with Gasteiger partial charge in [0.25, 0.3) is 0 Å². The van der Waals surface area contributed by atoms with Gasteiger partial charge < -0.3 is 18.1 Å². The summed E-state index contributed by atoms with van der Waals surface area (Å²) in [5.41, 5.74) is 20.0. The molecular weight excluding hydrogens is 863 g/mol. The Morgan fingerprint density at radius 1 is 0.408 bits per heavy atom. The minimum Gasteiger partial charge on any atom is -0.464 e. The van der Waals surface area contributed by atoms with Crippen LogP contribution in [0.25, 0.3) is 127 Å². The van der Waals surface area contributed by atoms with E-state index in [2.05, 4.69) is 245 Å². The van der Waals surface area contributed by atoms with Crippen LogP contribution >= 0.6 is 0 Å². The summed E-state index contributed by atoms with van der Waals surface area (Å²) in [5.74, 6) is 0. The number of allylic oxidation sites excluding steroid dienone is 2. The molecule has 0 unspecified atom stereocenters. The van der Waals surface area contributed by atoms with E-state index in [1.54, 1.807) is 0 Å². The minimum absolute atomic E-state index is 0.893. The molecule has 4 nitrogen and oxygen atoms in total. The number of anilines is 2. The second-order valence-corrected chi connectivity index (χ2v) is 18.9. The van der Waals surface area contributed by atoms with E-state index in [-0.39, 0.29) is 0 Å². The molecule has 0 spiro atoms. The number of hydrogen-bond acceptors (Lipinski definition) is 2. The van der Waals surface area contributed by atoms with Crippen molar-refractivity contribution >= 4 is 105 Å². The number of rotatable bonds is 8. The highest BCUT2D eigenvalue weighted by Gasteiger charge is 2.30. The third-order valence-corrected chi connectivity index (χ3v) is 14.9. The monoisotopic (exact) mass is 905 g/mol. The SMILES string of the molecule is CC(/C=C\c1coc2ccccc12)=C\N(c1ccccc1)c1ccc(-c2ccc3c(c2)c2cccc4c5c(-c6ccccc6)c6c(c(-c7ccccc7)c5n3c24)c2cccc3c4ccccc4n6c32)cc1. The fourth-order valence-corrected chi connectivity index (χ4v) is 11.9. The van der Waals surface area contributed by atoms with Gasteiger partial charge in [0.1, 0.15) is 5.58 Å². The van der Waals surface area contributed by atoms with Crippen molar-refractivity contribution in [3.05, 3.63) is 248 Å². The van der Waals surface area contributed by atoms with Crippen LogP contribution in [0, 0.1) is 0 Å². The highest BCUT2D eigenvalue weighted by molar-refractivity contribution is 6.38. The van der Waals surface area contributed by atoms with Gasteiger partial charge in [-0.25, -0.2) is 0 Å². The maximum absolute atomic E-state index is 5.82. The summed E-state index contributed by atoms with van der Waals surface area (Å²) in [7, 11) is 0. The van der Waals surface area contributed by atoms with Gasteiger partial charge in [-0.15, -0.1) is 0 Å². The number of hydrogen-bond donors (Lipinski definition) is 0. The van der Waals surface area contributed by atoms with E-state index in [4.69, 9.17) is 4.42 Å². The lowest BCUT2D eigenvalue weighted by Crippen LogP contribution is -2.09. The van der Waals surface area contributed by atoms with Crippen molar-refractivity contribution in [1.29, 1.82) is 0 Å². The van der Waals surface area contributed by atoms with Crippen molar-refractivity contribution in [3.8, 4) is 33.4 Å². The molecule has 0 fully saturated rings. The van der Waals surface area contributed by atoms with Crippen LogP contribution in [-0.4, -0.2) is 8.80 Å². The Morgan fingerprint density at radius 2 is 0.915 bits per heavy atom. The van der Waals surface area contributed by atoms with Crippen molar-refractivity contribution in [1.82, 2.24) is 8.80 Å². The maximum Gasteiger partial charge on any atom is 0.134 e. The molecule has 10 aromatic carbocycles. The predicted molar refractivity (Wildman–Crippen MR) is 300 cm³/mol. The molecular formula is C67H43N3O. The zero-order valence-electron chi connectivity index (χ0n) is 38.8. The lowest BCUT2D eigenvalue weighted by atomic mass is 9.89. The van der Waals surface area contributed by atoms with Gasteiger partial charge in [0.15, 0.2) is 0 Å². The van der Waals surface area contributed by atoms with Crippen LogP contribution in [0.2, 0.25) is 0 Å². The van der Waals surface area contributed by atoms with Gasteiger partial charge in [-0.05, 0) is 83.3 Å². The maximum atomic E-state index is 5.82. The Hall–Kier alpha value is -9.38. The number of furan rings is 1. The fraction of sp³-hybridized carbons (Fsp3) is 0.0149. The Balaban J connectivity index is 0.933. The summed E-state index contributed by atoms with van der Waals surface area (Å²) in [5, 5.41) is 11.3. The standard InChI is InChI=1S/C67H43N3O/c1-42(31-32-47-41-71-59-30-14-12-23-50(47)59)40-68(48-21-9-4-10-22-48)49-36-33-43(34-37-49)46-35-38-58-56(39-46)53-26-16-28-55-63-60(44-17-5-2-6-18-44)66-62(61(45-19-7-3-8-20-45)67(63)70(58)65(53)55)54-27-15-25-52-51-24-11-13-29-57(51)69(66)64(52)54/h2-41H,1H3/b32-31-,42-40+. The third kappa shape index (κ3) is 5.79. The largest absolute Gasteiger partial charge is 0.464 e. The first-order chi connectivity index (χ1) is 35.2. The Bertz CT molecular complexity index is 4610. The van der Waals surface area contributed by atoms with Gasteiger partial charge in [-0.1, -0.05) is 182 Å². The van der Waals surface area contributed by atoms with Crippen molar-refractivity contribution < 1.29 is 4.42 Å². The van der Waals surface area contributed by atoms with E-state index in [1.807, 2.05) is 18.4 Å². The molecule has 0 aliphatic heterocycles. The van der Waals surface area contributed by atoms with Gasteiger partial charge in [0.05, 0.1) is 39.4 Å². The van der Waals surface area contributed by atoms with Crippen molar-refractivity contribution in [2.45, 2.75) is 6.92 Å². The van der Waals surface area contributed by atoms with Gasteiger partial charge >= 0.3 is 0 Å². The van der Waals surface area contributed by atoms with Gasteiger partial charge in [0.2, 0.25) is 0 Å². The average Bonchev–Trinajstić information content (AvgIpc) is 4.27. The van der Waals surface area contributed by atoms with Gasteiger partial charge in [-0.2, -0.15) is 0 Å². The van der Waals surface area contributed by atoms with Crippen molar-refractivity contribution in [3.63, 3.8) is 0 Å². The van der Waals surface area contributed by atoms with E-state index < -0.39 is 0 Å². The molecule has 0 atom stereocenters. The van der Waals surface area contributed by atoms with Crippen molar-refractivity contribution in [2.75, 3.05) is 4.90 Å². The molecule has 15 aromatic rings. The van der Waals surface area contributed by atoms with E-state index in [9.17, 15) is 0 Å². The summed E-state index contributed by atoms with van der Waals surface area (Å²) in [6.45, 7) is 2.14. The number of fused-ring (bicyclic) bond motifs is 13. The second kappa shape index (κ2) is 15.3. The summed E-state index contributed by atoms with van der Waals surface area (Å²) in [4.78, 5) is 2.27. The molecule has 71 heavy (non-hydrogen) atoms. The van der Waals surface area contributed by atoms with Crippen LogP contribution in [0.15, 0.2) is 247 Å². The fourth-order valence-electron chi connectivity index (χ4n) is 11.9. The molecule has 5 aromatic heterocycles. The van der Waals surface area contributed by atoms with Crippen molar-refractivity contribution in [2.24, 2.45) is 0 Å². The third-order valence-electron chi connectivity index (χ3n) is 14.9. The van der Waals surface area contributed by atoms with Crippen LogP contribution in [0.5, 0.6) is 0 Å². The molecule has 4 heteroatoms. The first-order valence-corrected chi connectivity index (χ1v) is 24.4. The smallest absolute Gasteiger partial charge is 0.134 e. The Morgan fingerprint density at radius 3 is 1.58 bits per heavy atom. The molecule has 0 saturated heterocycles. The van der Waals surface area contributed by atoms with Crippen LogP contribution in [0.1, 0.15) is 12.5 Å². The zero-order valence-corrected chi connectivity index (χ0v) is 38.8. The molecule has 0 aliphatic rings. The minimum atomic E-state index is 0.893. The molecule has 0 bridgehead atoms. The first-order valence-electron chi connectivity index (χ1n) is 24.4. The molecule has 5 heterocycles. The quantitative estimate of drug-likeness (QED) is 0.142. The van der Waals surface area contributed by atoms with Gasteiger partial charge in [-0.3, -0.25) is 0 Å². The second-order valence-electron chi connectivity index (χ2n) is 18.9. The zero-order chi connectivity index (χ0) is 46.7. The van der Waals surface area contributed by atoms with Crippen LogP contribution < -0.4 is 4.90 Å². The summed E-state index contributed by atoms with van der Waals surface area (Å²) >= 11 is 0. The van der Waals surface area contributed by atoms with Gasteiger partial charge in [0, 0.05) is 82.7 Å². The summed E-state index contributed by atoms with van der Waals surface area (Å²) in [6.07, 6.45) is 8.33. The molecule has 15 rings (SSSR count). The molecule has 0 amide bonds. The lowest BCUT2D eigenvalue weighted by Gasteiger charge is -2.22. The topological polar surface area (TPSA) is 25.2 Å². The number of benzene rings is 10. The number of nitrogens with zero attached hydrogens (tertiary/aromatic N) is 3. The van der Waals surface area contributed by atoms with E-state index in [1.165, 1.54) is 110 Å². The van der Waals surface area contributed by atoms with E-state index in [0.717, 1.165) is 33.5 Å².